The van der Waals surface area contributed by atoms with Gasteiger partial charge in [0, 0.05) is 43.9 Å². The Balaban J connectivity index is 1.14. The third kappa shape index (κ3) is 6.03. The monoisotopic (exact) mass is 718 g/mol. The van der Waals surface area contributed by atoms with Crippen LogP contribution in [0.4, 0.5) is 11.4 Å². The molecule has 4 nitrogen and oxygen atoms in total. The van der Waals surface area contributed by atoms with Gasteiger partial charge in [0.05, 0.1) is 10.4 Å². The van der Waals surface area contributed by atoms with Gasteiger partial charge < -0.3 is 10.2 Å². The molecule has 0 saturated carbocycles. The average Bonchev–Trinajstić information content (AvgIpc) is 3.65. The van der Waals surface area contributed by atoms with Crippen molar-refractivity contribution in [2.24, 2.45) is 15.9 Å². The second-order valence-corrected chi connectivity index (χ2v) is 15.7. The summed E-state index contributed by atoms with van der Waals surface area (Å²) < 4.78 is 2.54. The minimum atomic E-state index is -0.1000. The number of aliphatic imine (C=N–C) groups is 2. The Morgan fingerprint density at radius 2 is 1.59 bits per heavy atom. The first-order chi connectivity index (χ1) is 26.8. The quantitative estimate of drug-likeness (QED) is 0.182. The van der Waals surface area contributed by atoms with Crippen LogP contribution in [-0.2, 0) is 0 Å². The van der Waals surface area contributed by atoms with E-state index in [0.29, 0.717) is 0 Å². The van der Waals surface area contributed by atoms with Crippen LogP contribution in [0.2, 0.25) is 0 Å². The number of para-hydroxylation sites is 1. The lowest BCUT2D eigenvalue weighted by atomic mass is 9.90. The molecule has 10 rings (SSSR count). The molecule has 5 aliphatic rings. The predicted molar refractivity (Wildman–Crippen MR) is 231 cm³/mol. The number of amidine groups is 2. The summed E-state index contributed by atoms with van der Waals surface area (Å²) >= 11 is 1.89. The van der Waals surface area contributed by atoms with E-state index in [0.717, 1.165) is 67.8 Å². The fourth-order valence-corrected chi connectivity index (χ4v) is 9.83. The number of hydrogen-bond acceptors (Lipinski definition) is 5. The summed E-state index contributed by atoms with van der Waals surface area (Å²) in [5.41, 5.74) is 8.92. The van der Waals surface area contributed by atoms with Gasteiger partial charge in [-0.1, -0.05) is 121 Å². The summed E-state index contributed by atoms with van der Waals surface area (Å²) in [5.74, 6) is 1.97. The van der Waals surface area contributed by atoms with Crippen molar-refractivity contribution in [3.05, 3.63) is 180 Å². The highest BCUT2D eigenvalue weighted by atomic mass is 32.1. The standard InChI is InChI=1S/C49H42N4S/c1-5-16-33(17-6-1)34-28-30-38(31-29-34)53(37-22-11-4-12-23-37)43-27-15-26-41-45-40-25-14-13-24-39(40)42(32-44(45)54-46(41)43)49-51-47(35-18-7-2-8-19-35)50-48(52-49)36-20-9-3-10-21-36/h1-2,4-5,7-9,11-16,18,20-28,30,32,35,47H,3,6,10,17,19,29,31H2,(H,50,51,52). The van der Waals surface area contributed by atoms with Gasteiger partial charge in [0.25, 0.3) is 0 Å². The fraction of sp³-hybridized carbons (Fsp3) is 0.184. The zero-order valence-electron chi connectivity index (χ0n) is 30.3. The van der Waals surface area contributed by atoms with E-state index in [1.165, 1.54) is 59.2 Å². The minimum Gasteiger partial charge on any atom is -0.347 e. The van der Waals surface area contributed by atoms with Gasteiger partial charge in [-0.2, -0.15) is 0 Å². The Morgan fingerprint density at radius 1 is 0.722 bits per heavy atom. The van der Waals surface area contributed by atoms with E-state index in [4.69, 9.17) is 9.98 Å². The van der Waals surface area contributed by atoms with Crippen LogP contribution in [0, 0.1) is 5.92 Å². The molecule has 54 heavy (non-hydrogen) atoms. The Hall–Kier alpha value is -5.78. The lowest BCUT2D eigenvalue weighted by Crippen LogP contribution is -2.43. The molecule has 2 heterocycles. The number of benzene rings is 4. The molecular formula is C49H42N4S. The number of hydrogen-bond donors (Lipinski definition) is 1. The van der Waals surface area contributed by atoms with Gasteiger partial charge in [-0.3, -0.25) is 0 Å². The summed E-state index contributed by atoms with van der Waals surface area (Å²) in [5, 5.41) is 8.74. The van der Waals surface area contributed by atoms with Crippen molar-refractivity contribution >= 4 is 65.3 Å². The maximum absolute atomic E-state index is 5.38. The second kappa shape index (κ2) is 14.2. The van der Waals surface area contributed by atoms with Gasteiger partial charge in [0.1, 0.15) is 12.0 Å². The Kier molecular flexibility index (Phi) is 8.65. The molecule has 0 radical (unpaired) electrons. The van der Waals surface area contributed by atoms with Gasteiger partial charge in [-0.25, -0.2) is 9.98 Å². The van der Waals surface area contributed by atoms with Crippen LogP contribution in [0.25, 0.3) is 30.9 Å². The molecule has 0 bridgehead atoms. The van der Waals surface area contributed by atoms with Crippen molar-refractivity contribution in [2.75, 3.05) is 4.90 Å². The molecule has 0 amide bonds. The molecule has 4 aromatic carbocycles. The molecule has 5 aromatic rings. The summed E-state index contributed by atoms with van der Waals surface area (Å²) in [6.07, 6.45) is 34.3. The molecule has 1 aromatic heterocycles. The highest BCUT2D eigenvalue weighted by Gasteiger charge is 2.28. The first kappa shape index (κ1) is 32.8. The maximum Gasteiger partial charge on any atom is 0.159 e. The fourth-order valence-electron chi connectivity index (χ4n) is 8.57. The van der Waals surface area contributed by atoms with Gasteiger partial charge >= 0.3 is 0 Å². The molecule has 5 heteroatoms. The van der Waals surface area contributed by atoms with Crippen LogP contribution < -0.4 is 10.2 Å². The van der Waals surface area contributed by atoms with Crippen LogP contribution >= 0.6 is 11.3 Å². The van der Waals surface area contributed by atoms with E-state index < -0.39 is 0 Å². The highest BCUT2D eigenvalue weighted by molar-refractivity contribution is 7.26. The number of nitrogens with zero attached hydrogens (tertiary/aromatic N) is 3. The molecule has 2 unspecified atom stereocenters. The molecule has 1 N–H and O–H groups in total. The zero-order chi connectivity index (χ0) is 35.8. The molecule has 264 valence electrons. The van der Waals surface area contributed by atoms with Gasteiger partial charge in [-0.05, 0) is 97.2 Å². The number of rotatable bonds is 7. The SMILES string of the molecule is C1=CCCC(C2=CC=C(N(c3ccccc3)c3cccc4c3sc3cc(C5=NC(C6C=CC=CC6)NC(C6=CCCC=C6)=N5)c5ccccc5c34)CC2)=C1. The third-order valence-corrected chi connectivity index (χ3v) is 12.4. The summed E-state index contributed by atoms with van der Waals surface area (Å²) in [6.45, 7) is 0. The Morgan fingerprint density at radius 3 is 2.39 bits per heavy atom. The van der Waals surface area contributed by atoms with Gasteiger partial charge in [0.15, 0.2) is 5.84 Å². The van der Waals surface area contributed by atoms with Crippen LogP contribution in [0.15, 0.2) is 184 Å². The predicted octanol–water partition coefficient (Wildman–Crippen LogP) is 12.7. The van der Waals surface area contributed by atoms with Crippen LogP contribution in [-0.4, -0.2) is 17.8 Å². The number of anilines is 2. The van der Waals surface area contributed by atoms with E-state index in [1.54, 1.807) is 0 Å². The molecular weight excluding hydrogens is 677 g/mol. The largest absolute Gasteiger partial charge is 0.347 e. The van der Waals surface area contributed by atoms with E-state index in [9.17, 15) is 0 Å². The lowest BCUT2D eigenvalue weighted by Gasteiger charge is -2.30. The molecule has 1 aliphatic heterocycles. The zero-order valence-corrected chi connectivity index (χ0v) is 31.1. The van der Waals surface area contributed by atoms with Crippen molar-refractivity contribution in [3.63, 3.8) is 0 Å². The number of allylic oxidation sites excluding steroid dienone is 13. The second-order valence-electron chi connectivity index (χ2n) is 14.6. The Bertz CT molecular complexity index is 2620. The molecule has 0 spiro atoms. The van der Waals surface area contributed by atoms with Crippen LogP contribution in [0.5, 0.6) is 0 Å². The van der Waals surface area contributed by atoms with Crippen molar-refractivity contribution in [1.29, 1.82) is 0 Å². The van der Waals surface area contributed by atoms with Gasteiger partial charge in [0.2, 0.25) is 0 Å². The number of fused-ring (bicyclic) bond motifs is 5. The summed E-state index contributed by atoms with van der Waals surface area (Å²) in [4.78, 5) is 13.2. The number of nitrogens with one attached hydrogen (secondary N) is 1. The third-order valence-electron chi connectivity index (χ3n) is 11.3. The molecule has 0 saturated heterocycles. The van der Waals surface area contributed by atoms with Crippen molar-refractivity contribution in [1.82, 2.24) is 5.32 Å². The van der Waals surface area contributed by atoms with E-state index in [1.807, 2.05) is 11.3 Å². The van der Waals surface area contributed by atoms with E-state index >= 15 is 0 Å². The molecule has 0 fully saturated rings. The maximum atomic E-state index is 5.38. The van der Waals surface area contributed by atoms with Crippen molar-refractivity contribution in [3.8, 4) is 0 Å². The van der Waals surface area contributed by atoms with Crippen molar-refractivity contribution < 1.29 is 0 Å². The molecule has 4 aliphatic carbocycles. The summed E-state index contributed by atoms with van der Waals surface area (Å²) in [6, 6.07) is 29.0. The first-order valence-corrected chi connectivity index (χ1v) is 20.2. The van der Waals surface area contributed by atoms with Crippen molar-refractivity contribution in [2.45, 2.75) is 51.1 Å². The Labute approximate surface area is 321 Å². The normalized spacial score (nSPS) is 21.0. The lowest BCUT2D eigenvalue weighted by molar-refractivity contribution is 0.475. The van der Waals surface area contributed by atoms with Gasteiger partial charge in [-0.15, -0.1) is 11.3 Å². The van der Waals surface area contributed by atoms with E-state index in [2.05, 4.69) is 162 Å². The molecule has 2 atom stereocenters. The average molecular weight is 719 g/mol. The smallest absolute Gasteiger partial charge is 0.159 e. The minimum absolute atomic E-state index is 0.1000. The highest BCUT2D eigenvalue weighted by Crippen LogP contribution is 2.47. The topological polar surface area (TPSA) is 40.0 Å². The van der Waals surface area contributed by atoms with Crippen LogP contribution in [0.3, 0.4) is 0 Å². The first-order valence-electron chi connectivity index (χ1n) is 19.4. The number of thiophene rings is 1. The van der Waals surface area contributed by atoms with Crippen LogP contribution in [0.1, 0.15) is 50.5 Å². The summed E-state index contributed by atoms with van der Waals surface area (Å²) in [7, 11) is 0. The van der Waals surface area contributed by atoms with E-state index in [-0.39, 0.29) is 12.1 Å².